The van der Waals surface area contributed by atoms with Crippen molar-refractivity contribution in [1.29, 1.82) is 0 Å². The molecule has 0 aromatic carbocycles. The van der Waals surface area contributed by atoms with E-state index in [9.17, 15) is 4.79 Å². The minimum absolute atomic E-state index is 0.0172. The van der Waals surface area contributed by atoms with Crippen LogP contribution in [0.5, 0.6) is 0 Å². The first-order chi connectivity index (χ1) is 8.61. The van der Waals surface area contributed by atoms with Gasteiger partial charge >= 0.3 is 0 Å². The lowest BCUT2D eigenvalue weighted by Gasteiger charge is -2.36. The maximum Gasteiger partial charge on any atom is 0.272 e. The highest BCUT2D eigenvalue weighted by Gasteiger charge is 2.29. The third-order valence-corrected chi connectivity index (χ3v) is 3.89. The molecule has 0 N–H and O–H groups in total. The van der Waals surface area contributed by atoms with Crippen LogP contribution in [0.3, 0.4) is 0 Å². The van der Waals surface area contributed by atoms with Gasteiger partial charge in [-0.1, -0.05) is 6.92 Å². The Morgan fingerprint density at radius 1 is 1.56 bits per heavy atom. The van der Waals surface area contributed by atoms with Crippen molar-refractivity contribution in [2.45, 2.75) is 19.4 Å². The summed E-state index contributed by atoms with van der Waals surface area (Å²) in [5.74, 6) is 0.480. The summed E-state index contributed by atoms with van der Waals surface area (Å²) in [6, 6.07) is 3.58. The monoisotopic (exact) mass is 312 g/mol. The smallest absolute Gasteiger partial charge is 0.272 e. The third kappa shape index (κ3) is 2.90. The van der Waals surface area contributed by atoms with Crippen LogP contribution in [0.25, 0.3) is 0 Å². The molecule has 1 saturated heterocycles. The molecule has 0 spiro atoms. The first kappa shape index (κ1) is 13.5. The summed E-state index contributed by atoms with van der Waals surface area (Å²) in [4.78, 5) is 18.2. The number of rotatable bonds is 2. The molecule has 0 bridgehead atoms. The van der Waals surface area contributed by atoms with Gasteiger partial charge in [-0.2, -0.15) is 0 Å². The first-order valence-electron chi connectivity index (χ1n) is 6.05. The average Bonchev–Trinajstić information content (AvgIpc) is 2.39. The molecular formula is C13H17BrN2O2. The zero-order valence-corrected chi connectivity index (χ0v) is 12.2. The lowest BCUT2D eigenvalue weighted by Crippen LogP contribution is -2.46. The van der Waals surface area contributed by atoms with Crippen LogP contribution in [-0.2, 0) is 4.74 Å². The van der Waals surface area contributed by atoms with Crippen molar-refractivity contribution in [3.8, 4) is 0 Å². The van der Waals surface area contributed by atoms with E-state index in [0.29, 0.717) is 18.2 Å². The van der Waals surface area contributed by atoms with E-state index < -0.39 is 0 Å². The van der Waals surface area contributed by atoms with E-state index in [0.717, 1.165) is 17.4 Å². The van der Waals surface area contributed by atoms with Gasteiger partial charge in [-0.3, -0.25) is 4.79 Å². The Balaban J connectivity index is 2.07. The lowest BCUT2D eigenvalue weighted by molar-refractivity contribution is -0.00177. The molecule has 18 heavy (non-hydrogen) atoms. The number of carbonyl (C=O) groups excluding carboxylic acids is 1. The molecule has 98 valence electrons. The molecule has 1 aliphatic heterocycles. The number of amides is 1. The van der Waals surface area contributed by atoms with Gasteiger partial charge in [-0.15, -0.1) is 0 Å². The van der Waals surface area contributed by atoms with E-state index in [-0.39, 0.29) is 12.0 Å². The highest BCUT2D eigenvalue weighted by atomic mass is 79.9. The molecule has 0 saturated carbocycles. The third-order valence-electron chi connectivity index (χ3n) is 3.43. The number of pyridine rings is 1. The van der Waals surface area contributed by atoms with E-state index in [1.165, 1.54) is 0 Å². The fourth-order valence-corrected chi connectivity index (χ4v) is 2.42. The number of hydrogen-bond donors (Lipinski definition) is 0. The molecule has 2 heterocycles. The van der Waals surface area contributed by atoms with Crippen LogP contribution in [0, 0.1) is 5.92 Å². The van der Waals surface area contributed by atoms with Gasteiger partial charge in [0.1, 0.15) is 5.69 Å². The van der Waals surface area contributed by atoms with Gasteiger partial charge in [0.05, 0.1) is 6.10 Å². The van der Waals surface area contributed by atoms with Crippen molar-refractivity contribution in [2.24, 2.45) is 5.92 Å². The molecular weight excluding hydrogens is 296 g/mol. The number of piperidine rings is 1. The average molecular weight is 313 g/mol. The van der Waals surface area contributed by atoms with E-state index in [2.05, 4.69) is 27.8 Å². The number of hydrogen-bond acceptors (Lipinski definition) is 3. The van der Waals surface area contributed by atoms with Gasteiger partial charge in [0.15, 0.2) is 0 Å². The van der Waals surface area contributed by atoms with Gasteiger partial charge in [0.25, 0.3) is 5.91 Å². The summed E-state index contributed by atoms with van der Waals surface area (Å²) in [7, 11) is 1.70. The largest absolute Gasteiger partial charge is 0.379 e. The highest BCUT2D eigenvalue weighted by Crippen LogP contribution is 2.21. The molecule has 4 nitrogen and oxygen atoms in total. The molecule has 1 aromatic heterocycles. The topological polar surface area (TPSA) is 42.4 Å². The molecule has 1 fully saturated rings. The van der Waals surface area contributed by atoms with Gasteiger partial charge in [-0.05, 0) is 40.4 Å². The fraction of sp³-hybridized carbons (Fsp3) is 0.538. The van der Waals surface area contributed by atoms with Crippen LogP contribution in [-0.4, -0.2) is 42.1 Å². The van der Waals surface area contributed by atoms with Crippen molar-refractivity contribution < 1.29 is 9.53 Å². The molecule has 1 amide bonds. The summed E-state index contributed by atoms with van der Waals surface area (Å²) >= 11 is 3.31. The normalized spacial score (nSPS) is 24.1. The Morgan fingerprint density at radius 2 is 2.33 bits per heavy atom. The number of carbonyl (C=O) groups is 1. The summed E-state index contributed by atoms with van der Waals surface area (Å²) < 4.78 is 6.29. The standard InChI is InChI=1S/C13H17BrN2O2/c1-9-5-6-16(8-12(9)18-2)13(17)11-4-3-10(14)7-15-11/h3-4,7,9,12H,5-6,8H2,1-2H3. The zero-order valence-electron chi connectivity index (χ0n) is 10.6. The van der Waals surface area contributed by atoms with Gasteiger partial charge < -0.3 is 9.64 Å². The van der Waals surface area contributed by atoms with Crippen molar-refractivity contribution in [3.63, 3.8) is 0 Å². The Hall–Kier alpha value is -0.940. The van der Waals surface area contributed by atoms with Crippen molar-refractivity contribution >= 4 is 21.8 Å². The second-order valence-electron chi connectivity index (χ2n) is 4.65. The van der Waals surface area contributed by atoms with Gasteiger partial charge in [0, 0.05) is 30.9 Å². The number of aromatic nitrogens is 1. The van der Waals surface area contributed by atoms with Crippen LogP contribution in [0.1, 0.15) is 23.8 Å². The Morgan fingerprint density at radius 3 is 2.94 bits per heavy atom. The molecule has 5 heteroatoms. The van der Waals surface area contributed by atoms with Crippen molar-refractivity contribution in [1.82, 2.24) is 9.88 Å². The summed E-state index contributed by atoms with van der Waals surface area (Å²) in [6.45, 7) is 3.58. The molecule has 1 aromatic rings. The van der Waals surface area contributed by atoms with Crippen LogP contribution in [0.4, 0.5) is 0 Å². The van der Waals surface area contributed by atoms with E-state index in [4.69, 9.17) is 4.74 Å². The van der Waals surface area contributed by atoms with E-state index in [1.807, 2.05) is 11.0 Å². The number of nitrogens with zero attached hydrogens (tertiary/aromatic N) is 2. The summed E-state index contributed by atoms with van der Waals surface area (Å²) in [5, 5.41) is 0. The quantitative estimate of drug-likeness (QED) is 0.842. The van der Waals surface area contributed by atoms with E-state index in [1.54, 1.807) is 19.4 Å². The molecule has 2 atom stereocenters. The number of methoxy groups -OCH3 is 1. The Kier molecular flexibility index (Phi) is 4.35. The predicted molar refractivity (Wildman–Crippen MR) is 72.4 cm³/mol. The summed E-state index contributed by atoms with van der Waals surface area (Å²) in [5.41, 5.74) is 0.489. The van der Waals surface area contributed by atoms with Crippen molar-refractivity contribution in [3.05, 3.63) is 28.5 Å². The second kappa shape index (κ2) is 5.80. The first-order valence-corrected chi connectivity index (χ1v) is 6.84. The predicted octanol–water partition coefficient (Wildman–Crippen LogP) is 2.34. The van der Waals surface area contributed by atoms with Crippen LogP contribution in [0.2, 0.25) is 0 Å². The molecule has 1 aliphatic rings. The van der Waals surface area contributed by atoms with Crippen LogP contribution < -0.4 is 0 Å². The minimum Gasteiger partial charge on any atom is -0.379 e. The Bertz CT molecular complexity index is 422. The maximum absolute atomic E-state index is 12.3. The van der Waals surface area contributed by atoms with Crippen LogP contribution >= 0.6 is 15.9 Å². The van der Waals surface area contributed by atoms with Gasteiger partial charge in [0.2, 0.25) is 0 Å². The highest BCUT2D eigenvalue weighted by molar-refractivity contribution is 9.10. The van der Waals surface area contributed by atoms with E-state index >= 15 is 0 Å². The SMILES string of the molecule is COC1CN(C(=O)c2ccc(Br)cn2)CCC1C. The lowest BCUT2D eigenvalue weighted by atomic mass is 9.95. The summed E-state index contributed by atoms with van der Waals surface area (Å²) in [6.07, 6.45) is 2.74. The molecule has 0 radical (unpaired) electrons. The zero-order chi connectivity index (χ0) is 13.1. The molecule has 0 aliphatic carbocycles. The number of halogens is 1. The fourth-order valence-electron chi connectivity index (χ4n) is 2.19. The second-order valence-corrected chi connectivity index (χ2v) is 5.57. The molecule has 2 rings (SSSR count). The Labute approximate surface area is 115 Å². The number of ether oxygens (including phenoxy) is 1. The van der Waals surface area contributed by atoms with Crippen molar-refractivity contribution in [2.75, 3.05) is 20.2 Å². The van der Waals surface area contributed by atoms with Crippen LogP contribution in [0.15, 0.2) is 22.8 Å². The maximum atomic E-state index is 12.3. The van der Waals surface area contributed by atoms with Gasteiger partial charge in [-0.25, -0.2) is 4.98 Å². The minimum atomic E-state index is -0.0172. The molecule has 2 unspecified atom stereocenters. The number of likely N-dealkylation sites (tertiary alicyclic amines) is 1.